The lowest BCUT2D eigenvalue weighted by molar-refractivity contribution is -0.125. The van der Waals surface area contributed by atoms with E-state index in [2.05, 4.69) is 6.58 Å². The molecule has 2 nitrogen and oxygen atoms in total. The topological polar surface area (TPSA) is 34.1 Å². The molecular formula is C8H8O2. The van der Waals surface area contributed by atoms with E-state index in [0.717, 1.165) is 0 Å². The summed E-state index contributed by atoms with van der Waals surface area (Å²) in [6, 6.07) is 0. The minimum atomic E-state index is -0.105. The van der Waals surface area contributed by atoms with Crippen molar-refractivity contribution in [3.8, 4) is 0 Å². The van der Waals surface area contributed by atoms with Crippen molar-refractivity contribution < 1.29 is 9.59 Å². The molecule has 0 saturated heterocycles. The van der Waals surface area contributed by atoms with Gasteiger partial charge in [0.25, 0.3) is 0 Å². The van der Waals surface area contributed by atoms with Crippen LogP contribution in [-0.2, 0) is 9.59 Å². The van der Waals surface area contributed by atoms with Crippen LogP contribution >= 0.6 is 0 Å². The Bertz CT molecular complexity index is 223. The van der Waals surface area contributed by atoms with Gasteiger partial charge in [0.2, 0.25) is 0 Å². The van der Waals surface area contributed by atoms with E-state index in [-0.39, 0.29) is 18.0 Å². The summed E-state index contributed by atoms with van der Waals surface area (Å²) in [5.41, 5.74) is 0.583. The molecule has 0 N–H and O–H groups in total. The van der Waals surface area contributed by atoms with Gasteiger partial charge in [-0.1, -0.05) is 18.7 Å². The van der Waals surface area contributed by atoms with Crippen LogP contribution in [0.4, 0.5) is 0 Å². The highest BCUT2D eigenvalue weighted by Crippen LogP contribution is 2.11. The molecule has 0 atom stereocenters. The van der Waals surface area contributed by atoms with E-state index < -0.39 is 0 Å². The summed E-state index contributed by atoms with van der Waals surface area (Å²) in [6.45, 7) is 3.46. The largest absolute Gasteiger partial charge is 0.299 e. The summed E-state index contributed by atoms with van der Waals surface area (Å²) in [5.74, 6) is -0.109. The van der Waals surface area contributed by atoms with Crippen molar-refractivity contribution in [1.82, 2.24) is 0 Å². The van der Waals surface area contributed by atoms with Crippen molar-refractivity contribution in [2.75, 3.05) is 0 Å². The Labute approximate surface area is 59.2 Å². The summed E-state index contributed by atoms with van der Waals surface area (Å²) in [7, 11) is 0. The van der Waals surface area contributed by atoms with Crippen LogP contribution in [-0.4, -0.2) is 11.6 Å². The first kappa shape index (κ1) is 6.93. The lowest BCUT2D eigenvalue weighted by Gasteiger charge is -2.05. The Morgan fingerprint density at radius 3 is 2.70 bits per heavy atom. The van der Waals surface area contributed by atoms with E-state index >= 15 is 0 Å². The molecule has 0 aliphatic heterocycles. The van der Waals surface area contributed by atoms with Gasteiger partial charge in [0, 0.05) is 12.0 Å². The number of Topliss-reactive ketones (excluding diaryl/α,β-unsaturated/α-hetero) is 2. The highest BCUT2D eigenvalue weighted by molar-refractivity contribution is 6.11. The van der Waals surface area contributed by atoms with Crippen molar-refractivity contribution in [1.29, 1.82) is 0 Å². The monoisotopic (exact) mass is 136 g/mol. The van der Waals surface area contributed by atoms with Gasteiger partial charge in [-0.25, -0.2) is 0 Å². The molecule has 1 aliphatic carbocycles. The van der Waals surface area contributed by atoms with Crippen molar-refractivity contribution in [3.05, 3.63) is 24.3 Å². The molecule has 0 amide bonds. The Balaban J connectivity index is 2.85. The second-order valence-corrected chi connectivity index (χ2v) is 2.21. The van der Waals surface area contributed by atoms with Gasteiger partial charge in [-0.05, 0) is 0 Å². The lowest BCUT2D eigenvalue weighted by Crippen LogP contribution is -2.13. The highest BCUT2D eigenvalue weighted by Gasteiger charge is 2.16. The molecule has 0 aromatic carbocycles. The van der Waals surface area contributed by atoms with Gasteiger partial charge in [-0.15, -0.1) is 0 Å². The van der Waals surface area contributed by atoms with Crippen molar-refractivity contribution in [2.24, 2.45) is 0 Å². The van der Waals surface area contributed by atoms with E-state index in [1.165, 1.54) is 6.08 Å². The predicted octanol–water partition coefficient (Wildman–Crippen LogP) is 1.03. The van der Waals surface area contributed by atoms with Crippen molar-refractivity contribution in [3.63, 3.8) is 0 Å². The van der Waals surface area contributed by atoms with Crippen LogP contribution in [0.1, 0.15) is 12.8 Å². The number of carbonyl (C=O) groups is 2. The first-order valence-electron chi connectivity index (χ1n) is 3.11. The molecule has 1 aliphatic rings. The summed E-state index contributed by atoms with van der Waals surface area (Å²) in [5, 5.41) is 0. The molecule has 0 spiro atoms. The maximum absolute atomic E-state index is 10.9. The zero-order chi connectivity index (χ0) is 7.56. The van der Waals surface area contributed by atoms with Crippen molar-refractivity contribution >= 4 is 11.6 Å². The van der Waals surface area contributed by atoms with Crippen molar-refractivity contribution in [2.45, 2.75) is 12.8 Å². The van der Waals surface area contributed by atoms with Gasteiger partial charge in [-0.3, -0.25) is 9.59 Å². The predicted molar refractivity (Wildman–Crippen MR) is 37.5 cm³/mol. The SMILES string of the molecule is C=CC1=CCC(=O)CC1=O. The molecule has 0 saturated carbocycles. The van der Waals surface area contributed by atoms with E-state index in [1.807, 2.05) is 0 Å². The quantitative estimate of drug-likeness (QED) is 0.504. The van der Waals surface area contributed by atoms with Gasteiger partial charge in [0.1, 0.15) is 5.78 Å². The fourth-order valence-corrected chi connectivity index (χ4v) is 0.888. The van der Waals surface area contributed by atoms with Crippen LogP contribution in [0.3, 0.4) is 0 Å². The van der Waals surface area contributed by atoms with Crippen LogP contribution in [0, 0.1) is 0 Å². The smallest absolute Gasteiger partial charge is 0.169 e. The summed E-state index contributed by atoms with van der Waals surface area (Å²) >= 11 is 0. The summed E-state index contributed by atoms with van der Waals surface area (Å²) in [4.78, 5) is 21.5. The number of hydrogen-bond donors (Lipinski definition) is 0. The van der Waals surface area contributed by atoms with E-state index in [0.29, 0.717) is 12.0 Å². The first-order valence-corrected chi connectivity index (χ1v) is 3.11. The van der Waals surface area contributed by atoms with E-state index in [9.17, 15) is 9.59 Å². The number of ketones is 2. The van der Waals surface area contributed by atoms with Crippen LogP contribution in [0.2, 0.25) is 0 Å². The standard InChI is InChI=1S/C8H8O2/c1-2-6-3-4-7(9)5-8(6)10/h2-3H,1,4-5H2. The third-order valence-electron chi connectivity index (χ3n) is 1.45. The molecule has 0 unspecified atom stereocenters. The average Bonchev–Trinajstić information content (AvgIpc) is 1.88. The lowest BCUT2D eigenvalue weighted by atomic mass is 9.97. The molecular weight excluding hydrogens is 128 g/mol. The Morgan fingerprint density at radius 2 is 2.20 bits per heavy atom. The molecule has 10 heavy (non-hydrogen) atoms. The van der Waals surface area contributed by atoms with Gasteiger partial charge in [0.15, 0.2) is 5.78 Å². The van der Waals surface area contributed by atoms with Crippen LogP contribution in [0.25, 0.3) is 0 Å². The second-order valence-electron chi connectivity index (χ2n) is 2.21. The molecule has 1 rings (SSSR count). The normalized spacial score (nSPS) is 18.6. The molecule has 0 bridgehead atoms. The van der Waals surface area contributed by atoms with Gasteiger partial charge in [0.05, 0.1) is 6.42 Å². The molecule has 0 radical (unpaired) electrons. The molecule has 52 valence electrons. The maximum atomic E-state index is 10.9. The molecule has 0 aromatic rings. The second kappa shape index (κ2) is 2.60. The Hall–Kier alpha value is -1.18. The number of rotatable bonds is 1. The number of carbonyl (C=O) groups excluding carboxylic acids is 2. The Kier molecular flexibility index (Phi) is 1.81. The average molecular weight is 136 g/mol. The maximum Gasteiger partial charge on any atom is 0.169 e. The third kappa shape index (κ3) is 1.21. The molecule has 0 fully saturated rings. The van der Waals surface area contributed by atoms with Gasteiger partial charge in [-0.2, -0.15) is 0 Å². The van der Waals surface area contributed by atoms with Gasteiger partial charge >= 0.3 is 0 Å². The minimum Gasteiger partial charge on any atom is -0.299 e. The molecule has 0 heterocycles. The minimum absolute atomic E-state index is 0.00407. The third-order valence-corrected chi connectivity index (χ3v) is 1.45. The summed E-state index contributed by atoms with van der Waals surface area (Å²) in [6.07, 6.45) is 3.56. The fraction of sp³-hybridized carbons (Fsp3) is 0.250. The van der Waals surface area contributed by atoms with Crippen LogP contribution < -0.4 is 0 Å². The fourth-order valence-electron chi connectivity index (χ4n) is 0.888. The van der Waals surface area contributed by atoms with Gasteiger partial charge < -0.3 is 0 Å². The molecule has 2 heteroatoms. The highest BCUT2D eigenvalue weighted by atomic mass is 16.1. The summed E-state index contributed by atoms with van der Waals surface area (Å²) < 4.78 is 0. The van der Waals surface area contributed by atoms with E-state index in [1.54, 1.807) is 6.08 Å². The van der Waals surface area contributed by atoms with Crippen LogP contribution in [0.15, 0.2) is 24.3 Å². The zero-order valence-corrected chi connectivity index (χ0v) is 5.59. The molecule has 0 aromatic heterocycles. The first-order chi connectivity index (χ1) is 4.74. The van der Waals surface area contributed by atoms with Crippen LogP contribution in [0.5, 0.6) is 0 Å². The number of allylic oxidation sites excluding steroid dienone is 3. The zero-order valence-electron chi connectivity index (χ0n) is 5.59. The number of hydrogen-bond acceptors (Lipinski definition) is 2. The Morgan fingerprint density at radius 1 is 1.50 bits per heavy atom. The van der Waals surface area contributed by atoms with E-state index in [4.69, 9.17) is 0 Å².